The van der Waals surface area contributed by atoms with E-state index in [0.717, 1.165) is 29.9 Å². The van der Waals surface area contributed by atoms with Crippen LogP contribution in [0.3, 0.4) is 0 Å². The molecule has 1 saturated carbocycles. The van der Waals surface area contributed by atoms with Gasteiger partial charge in [0.1, 0.15) is 0 Å². The number of anilines is 1. The summed E-state index contributed by atoms with van der Waals surface area (Å²) in [7, 11) is 3.13. The van der Waals surface area contributed by atoms with Crippen molar-refractivity contribution in [2.45, 2.75) is 38.6 Å². The Balaban J connectivity index is 1.77. The molecule has 0 unspecified atom stereocenters. The monoisotopic (exact) mass is 329 g/mol. The Hall–Kier alpha value is -2.44. The number of hydrogen-bond donors (Lipinski definition) is 1. The number of nitrogens with one attached hydrogen (secondary N) is 1. The highest BCUT2D eigenvalue weighted by Crippen LogP contribution is 2.29. The van der Waals surface area contributed by atoms with Gasteiger partial charge in [-0.2, -0.15) is 4.98 Å². The van der Waals surface area contributed by atoms with Gasteiger partial charge in [-0.15, -0.1) is 0 Å². The number of aromatic nitrogens is 4. The van der Waals surface area contributed by atoms with Gasteiger partial charge in [0.05, 0.1) is 19.8 Å². The molecule has 3 rings (SSSR count). The molecule has 1 N–H and O–H groups in total. The second-order valence-electron chi connectivity index (χ2n) is 6.18. The molecular formula is C17H23N5O2. The van der Waals surface area contributed by atoms with Crippen LogP contribution in [0.1, 0.15) is 32.6 Å². The molecule has 24 heavy (non-hydrogen) atoms. The van der Waals surface area contributed by atoms with Gasteiger partial charge >= 0.3 is 6.01 Å². The van der Waals surface area contributed by atoms with Gasteiger partial charge in [-0.3, -0.25) is 0 Å². The van der Waals surface area contributed by atoms with Crippen LogP contribution in [0.15, 0.2) is 18.6 Å². The van der Waals surface area contributed by atoms with E-state index >= 15 is 0 Å². The van der Waals surface area contributed by atoms with E-state index in [0.29, 0.717) is 23.9 Å². The highest BCUT2D eigenvalue weighted by atomic mass is 16.5. The summed E-state index contributed by atoms with van der Waals surface area (Å²) in [6, 6.07) is 0.754. The second kappa shape index (κ2) is 7.42. The molecule has 0 aliphatic heterocycles. The summed E-state index contributed by atoms with van der Waals surface area (Å²) < 4.78 is 10.4. The number of nitrogens with zero attached hydrogens (tertiary/aromatic N) is 4. The molecule has 0 bridgehead atoms. The van der Waals surface area contributed by atoms with Crippen molar-refractivity contribution >= 4 is 5.95 Å². The summed E-state index contributed by atoms with van der Waals surface area (Å²) in [5, 5.41) is 3.42. The molecule has 128 valence electrons. The van der Waals surface area contributed by atoms with Crippen LogP contribution in [0.25, 0.3) is 11.1 Å². The Labute approximate surface area is 141 Å². The van der Waals surface area contributed by atoms with Gasteiger partial charge in [0.2, 0.25) is 11.8 Å². The highest BCUT2D eigenvalue weighted by Gasteiger charge is 2.19. The molecule has 0 atom stereocenters. The standard InChI is InChI=1S/C17H23N5O2/c1-11-4-6-13(7-5-11)21-16-18-10-14(15(22-16)23-2)12-8-19-17(24-3)20-9-12/h8-11,13H,4-7H2,1-3H3,(H,18,21,22)/t11-,13-. The van der Waals surface area contributed by atoms with E-state index in [1.54, 1.807) is 25.7 Å². The fraction of sp³-hybridized carbons (Fsp3) is 0.529. The molecule has 0 radical (unpaired) electrons. The molecule has 1 aliphatic carbocycles. The third kappa shape index (κ3) is 3.72. The minimum Gasteiger partial charge on any atom is -0.480 e. The van der Waals surface area contributed by atoms with Crippen molar-refractivity contribution in [3.63, 3.8) is 0 Å². The lowest BCUT2D eigenvalue weighted by Gasteiger charge is -2.27. The van der Waals surface area contributed by atoms with Gasteiger partial charge in [-0.25, -0.2) is 15.0 Å². The molecule has 2 aromatic rings. The normalized spacial score (nSPS) is 20.5. The predicted molar refractivity (Wildman–Crippen MR) is 91.2 cm³/mol. The minimum absolute atomic E-state index is 0.323. The Morgan fingerprint density at radius 2 is 1.67 bits per heavy atom. The topological polar surface area (TPSA) is 82.1 Å². The lowest BCUT2D eigenvalue weighted by Crippen LogP contribution is -2.26. The van der Waals surface area contributed by atoms with Crippen molar-refractivity contribution in [2.24, 2.45) is 5.92 Å². The van der Waals surface area contributed by atoms with E-state index in [9.17, 15) is 0 Å². The van der Waals surface area contributed by atoms with Crippen LogP contribution in [-0.4, -0.2) is 40.2 Å². The zero-order chi connectivity index (χ0) is 16.9. The molecule has 7 nitrogen and oxygen atoms in total. The molecule has 0 amide bonds. The van der Waals surface area contributed by atoms with E-state index in [1.165, 1.54) is 20.0 Å². The lowest BCUT2D eigenvalue weighted by molar-refractivity contribution is 0.359. The highest BCUT2D eigenvalue weighted by molar-refractivity contribution is 5.67. The summed E-state index contributed by atoms with van der Waals surface area (Å²) in [6.07, 6.45) is 9.88. The minimum atomic E-state index is 0.323. The molecular weight excluding hydrogens is 306 g/mol. The van der Waals surface area contributed by atoms with Crippen molar-refractivity contribution in [2.75, 3.05) is 19.5 Å². The quantitative estimate of drug-likeness (QED) is 0.903. The molecule has 0 saturated heterocycles. The average molecular weight is 329 g/mol. The zero-order valence-electron chi connectivity index (χ0n) is 14.3. The van der Waals surface area contributed by atoms with Crippen molar-refractivity contribution in [3.8, 4) is 23.0 Å². The van der Waals surface area contributed by atoms with Gasteiger partial charge in [-0.1, -0.05) is 6.92 Å². The number of rotatable bonds is 5. The summed E-state index contributed by atoms with van der Waals surface area (Å²) >= 11 is 0. The summed E-state index contributed by atoms with van der Waals surface area (Å²) in [5.74, 6) is 1.92. The number of methoxy groups -OCH3 is 2. The fourth-order valence-corrected chi connectivity index (χ4v) is 2.94. The SMILES string of the molecule is COc1ncc(-c2cnc(N[C@H]3CC[C@H](C)CC3)nc2OC)cn1. The summed E-state index contributed by atoms with van der Waals surface area (Å²) in [5.41, 5.74) is 1.54. The Kier molecular flexibility index (Phi) is 5.08. The van der Waals surface area contributed by atoms with Gasteiger partial charge in [0.15, 0.2) is 0 Å². The molecule has 7 heteroatoms. The molecule has 0 aromatic carbocycles. The number of ether oxygens (including phenoxy) is 2. The van der Waals surface area contributed by atoms with Crippen molar-refractivity contribution in [3.05, 3.63) is 18.6 Å². The predicted octanol–water partition coefficient (Wildman–Crippen LogP) is 2.94. The molecule has 1 fully saturated rings. The maximum atomic E-state index is 5.43. The van der Waals surface area contributed by atoms with Crippen molar-refractivity contribution < 1.29 is 9.47 Å². The fourth-order valence-electron chi connectivity index (χ4n) is 2.94. The van der Waals surface area contributed by atoms with E-state index in [2.05, 4.69) is 32.2 Å². The molecule has 1 aliphatic rings. The van der Waals surface area contributed by atoms with Crippen molar-refractivity contribution in [1.82, 2.24) is 19.9 Å². The van der Waals surface area contributed by atoms with E-state index in [1.807, 2.05) is 0 Å². The van der Waals surface area contributed by atoms with E-state index < -0.39 is 0 Å². The third-order valence-corrected chi connectivity index (χ3v) is 4.42. The zero-order valence-corrected chi connectivity index (χ0v) is 14.3. The van der Waals surface area contributed by atoms with Crippen LogP contribution >= 0.6 is 0 Å². The second-order valence-corrected chi connectivity index (χ2v) is 6.18. The Morgan fingerprint density at radius 3 is 2.29 bits per heavy atom. The van der Waals surface area contributed by atoms with Crippen molar-refractivity contribution in [1.29, 1.82) is 0 Å². The summed E-state index contributed by atoms with van der Waals surface area (Å²) in [6.45, 7) is 2.31. The molecule has 2 aromatic heterocycles. The first kappa shape index (κ1) is 16.4. The smallest absolute Gasteiger partial charge is 0.316 e. The first-order chi connectivity index (χ1) is 11.7. The Bertz CT molecular complexity index is 669. The van der Waals surface area contributed by atoms with Gasteiger partial charge < -0.3 is 14.8 Å². The molecule has 2 heterocycles. The average Bonchev–Trinajstić information content (AvgIpc) is 2.63. The van der Waals surface area contributed by atoms with Gasteiger partial charge in [-0.05, 0) is 31.6 Å². The van der Waals surface area contributed by atoms with Crippen LogP contribution < -0.4 is 14.8 Å². The van der Waals surface area contributed by atoms with Crippen LogP contribution in [0, 0.1) is 5.92 Å². The third-order valence-electron chi connectivity index (χ3n) is 4.42. The number of hydrogen-bond acceptors (Lipinski definition) is 7. The largest absolute Gasteiger partial charge is 0.480 e. The van der Waals surface area contributed by atoms with Gasteiger partial charge in [0.25, 0.3) is 0 Å². The molecule has 0 spiro atoms. The maximum Gasteiger partial charge on any atom is 0.316 e. The van der Waals surface area contributed by atoms with Crippen LogP contribution in [0.4, 0.5) is 5.95 Å². The van der Waals surface area contributed by atoms with Crippen LogP contribution in [-0.2, 0) is 0 Å². The first-order valence-corrected chi connectivity index (χ1v) is 8.23. The lowest BCUT2D eigenvalue weighted by atomic mass is 9.87. The van der Waals surface area contributed by atoms with Crippen LogP contribution in [0.5, 0.6) is 11.9 Å². The van der Waals surface area contributed by atoms with Gasteiger partial charge in [0, 0.05) is 30.2 Å². The maximum absolute atomic E-state index is 5.43. The van der Waals surface area contributed by atoms with E-state index in [-0.39, 0.29) is 0 Å². The summed E-state index contributed by atoms with van der Waals surface area (Å²) in [4.78, 5) is 17.1. The van der Waals surface area contributed by atoms with Crippen LogP contribution in [0.2, 0.25) is 0 Å². The Morgan fingerprint density at radius 1 is 0.958 bits per heavy atom. The van der Waals surface area contributed by atoms with E-state index in [4.69, 9.17) is 9.47 Å². The first-order valence-electron chi connectivity index (χ1n) is 8.23.